The van der Waals surface area contributed by atoms with Gasteiger partial charge >= 0.3 is 0 Å². The van der Waals surface area contributed by atoms with Crippen LogP contribution in [-0.2, 0) is 14.4 Å². The van der Waals surface area contributed by atoms with Crippen LogP contribution in [0.15, 0.2) is 72.8 Å². The standard InChI is InChI=1S/C29H30N2O6/c1-4-17-36-23-16-15-19(18-24(23)34-3)26-25-27(37-31(26)20-11-7-6-8-12-20)29(33)30(28(25)32)21-13-9-10-14-22(21)35-5-2/h6-16,18,25-27H,4-5,17H2,1-3H3/t25-,26-,27+/m1/s1. The second-order valence-corrected chi connectivity index (χ2v) is 8.83. The fourth-order valence-corrected chi connectivity index (χ4v) is 4.91. The van der Waals surface area contributed by atoms with Crippen LogP contribution in [0.25, 0.3) is 0 Å². The molecule has 0 aromatic heterocycles. The number of carbonyl (C=O) groups is 2. The summed E-state index contributed by atoms with van der Waals surface area (Å²) < 4.78 is 17.2. The normalized spacial score (nSPS) is 20.8. The Morgan fingerprint density at radius 3 is 2.32 bits per heavy atom. The van der Waals surface area contributed by atoms with Gasteiger partial charge in [-0.1, -0.05) is 43.3 Å². The zero-order valence-electron chi connectivity index (χ0n) is 21.1. The lowest BCUT2D eigenvalue weighted by molar-refractivity contribution is -0.126. The Labute approximate surface area is 216 Å². The molecule has 2 fully saturated rings. The molecule has 2 aliphatic rings. The van der Waals surface area contributed by atoms with E-state index in [-0.39, 0.29) is 5.91 Å². The molecule has 37 heavy (non-hydrogen) atoms. The van der Waals surface area contributed by atoms with Crippen LogP contribution < -0.4 is 24.2 Å². The minimum atomic E-state index is -0.977. The largest absolute Gasteiger partial charge is 0.493 e. The first-order valence-corrected chi connectivity index (χ1v) is 12.5. The summed E-state index contributed by atoms with van der Waals surface area (Å²) in [7, 11) is 1.58. The van der Waals surface area contributed by atoms with Crippen LogP contribution in [0.5, 0.6) is 17.2 Å². The lowest BCUT2D eigenvalue weighted by atomic mass is 9.90. The molecular formula is C29H30N2O6. The van der Waals surface area contributed by atoms with Crippen molar-refractivity contribution in [2.75, 3.05) is 30.3 Å². The van der Waals surface area contributed by atoms with Gasteiger partial charge in [-0.05, 0) is 55.3 Å². The van der Waals surface area contributed by atoms with Crippen LogP contribution >= 0.6 is 0 Å². The number of methoxy groups -OCH3 is 1. The number of rotatable bonds is 9. The minimum absolute atomic E-state index is 0.337. The van der Waals surface area contributed by atoms with Gasteiger partial charge in [-0.3, -0.25) is 14.4 Å². The van der Waals surface area contributed by atoms with Gasteiger partial charge in [0.05, 0.1) is 37.7 Å². The molecule has 0 spiro atoms. The van der Waals surface area contributed by atoms with Crippen molar-refractivity contribution < 1.29 is 28.6 Å². The highest BCUT2D eigenvalue weighted by Crippen LogP contribution is 2.49. The van der Waals surface area contributed by atoms with E-state index in [9.17, 15) is 9.59 Å². The molecule has 0 radical (unpaired) electrons. The molecule has 0 bridgehead atoms. The van der Waals surface area contributed by atoms with Crippen molar-refractivity contribution in [2.45, 2.75) is 32.4 Å². The molecule has 2 heterocycles. The summed E-state index contributed by atoms with van der Waals surface area (Å²) in [4.78, 5) is 35.1. The second-order valence-electron chi connectivity index (χ2n) is 8.83. The molecule has 0 saturated carbocycles. The number of para-hydroxylation sites is 3. The Morgan fingerprint density at radius 1 is 0.838 bits per heavy atom. The Hall–Kier alpha value is -4.04. The molecule has 8 nitrogen and oxygen atoms in total. The quantitative estimate of drug-likeness (QED) is 0.384. The van der Waals surface area contributed by atoms with Gasteiger partial charge in [-0.2, -0.15) is 0 Å². The first-order valence-electron chi connectivity index (χ1n) is 12.5. The number of hydroxylamine groups is 1. The Balaban J connectivity index is 1.57. The topological polar surface area (TPSA) is 77.5 Å². The molecule has 0 unspecified atom stereocenters. The van der Waals surface area contributed by atoms with Crippen molar-refractivity contribution in [3.63, 3.8) is 0 Å². The maximum atomic E-state index is 14.0. The first-order chi connectivity index (χ1) is 18.1. The number of ether oxygens (including phenoxy) is 3. The van der Waals surface area contributed by atoms with Crippen LogP contribution in [0, 0.1) is 5.92 Å². The fourth-order valence-electron chi connectivity index (χ4n) is 4.91. The van der Waals surface area contributed by atoms with Crippen molar-refractivity contribution >= 4 is 23.2 Å². The van der Waals surface area contributed by atoms with E-state index in [0.29, 0.717) is 36.1 Å². The van der Waals surface area contributed by atoms with Crippen molar-refractivity contribution in [1.82, 2.24) is 0 Å². The molecule has 3 atom stereocenters. The van der Waals surface area contributed by atoms with E-state index in [1.165, 1.54) is 4.90 Å². The van der Waals surface area contributed by atoms with E-state index in [0.717, 1.165) is 17.7 Å². The number of benzene rings is 3. The van der Waals surface area contributed by atoms with Crippen molar-refractivity contribution in [3.8, 4) is 17.2 Å². The number of amides is 2. The van der Waals surface area contributed by atoms with Gasteiger partial charge in [0.25, 0.3) is 5.91 Å². The zero-order valence-corrected chi connectivity index (χ0v) is 21.1. The molecular weight excluding hydrogens is 472 g/mol. The van der Waals surface area contributed by atoms with E-state index in [2.05, 4.69) is 0 Å². The number of nitrogens with zero attached hydrogens (tertiary/aromatic N) is 2. The second kappa shape index (κ2) is 10.5. The number of imide groups is 1. The number of anilines is 2. The molecule has 3 aromatic carbocycles. The third kappa shape index (κ3) is 4.38. The van der Waals surface area contributed by atoms with Gasteiger partial charge < -0.3 is 14.2 Å². The number of hydrogen-bond donors (Lipinski definition) is 0. The van der Waals surface area contributed by atoms with E-state index in [4.69, 9.17) is 19.0 Å². The van der Waals surface area contributed by atoms with E-state index in [1.54, 1.807) is 30.4 Å². The van der Waals surface area contributed by atoms with E-state index >= 15 is 0 Å². The van der Waals surface area contributed by atoms with E-state index in [1.807, 2.05) is 68.4 Å². The summed E-state index contributed by atoms with van der Waals surface area (Å²) in [5.41, 5.74) is 1.94. The Morgan fingerprint density at radius 2 is 1.59 bits per heavy atom. The third-order valence-electron chi connectivity index (χ3n) is 6.52. The SMILES string of the molecule is CCCOc1ccc([C@@H]2[C@H]3C(=O)N(c4ccccc4OCC)C(=O)[C@H]3ON2c2ccccc2)cc1OC. The predicted molar refractivity (Wildman–Crippen MR) is 139 cm³/mol. The van der Waals surface area contributed by atoms with Crippen molar-refractivity contribution in [2.24, 2.45) is 5.92 Å². The molecule has 3 aromatic rings. The maximum Gasteiger partial charge on any atom is 0.266 e. The highest BCUT2D eigenvalue weighted by molar-refractivity contribution is 6.24. The average Bonchev–Trinajstić information content (AvgIpc) is 3.44. The Bertz CT molecular complexity index is 1280. The van der Waals surface area contributed by atoms with Crippen LogP contribution in [-0.4, -0.2) is 38.2 Å². The van der Waals surface area contributed by atoms with Gasteiger partial charge in [0, 0.05) is 0 Å². The van der Waals surface area contributed by atoms with Crippen LogP contribution in [0.2, 0.25) is 0 Å². The van der Waals surface area contributed by atoms with Crippen LogP contribution in [0.4, 0.5) is 11.4 Å². The zero-order chi connectivity index (χ0) is 25.9. The molecule has 5 rings (SSSR count). The summed E-state index contributed by atoms with van der Waals surface area (Å²) in [6, 6.07) is 21.5. The van der Waals surface area contributed by atoms with Crippen LogP contribution in [0.3, 0.4) is 0 Å². The number of hydrogen-bond acceptors (Lipinski definition) is 7. The van der Waals surface area contributed by atoms with Crippen molar-refractivity contribution in [3.05, 3.63) is 78.4 Å². The molecule has 8 heteroatoms. The molecule has 0 N–H and O–H groups in total. The highest BCUT2D eigenvalue weighted by atomic mass is 16.7. The monoisotopic (exact) mass is 502 g/mol. The summed E-state index contributed by atoms with van der Waals surface area (Å²) in [6.07, 6.45) is -0.114. The lowest BCUT2D eigenvalue weighted by Crippen LogP contribution is -2.37. The van der Waals surface area contributed by atoms with Crippen LogP contribution in [0.1, 0.15) is 31.9 Å². The summed E-state index contributed by atoms with van der Waals surface area (Å²) in [5, 5.41) is 1.66. The average molecular weight is 503 g/mol. The number of carbonyl (C=O) groups excluding carboxylic acids is 2. The van der Waals surface area contributed by atoms with Crippen molar-refractivity contribution in [1.29, 1.82) is 0 Å². The molecule has 0 aliphatic carbocycles. The maximum absolute atomic E-state index is 14.0. The van der Waals surface area contributed by atoms with E-state index < -0.39 is 24.0 Å². The third-order valence-corrected chi connectivity index (χ3v) is 6.52. The summed E-state index contributed by atoms with van der Waals surface area (Å²) in [6.45, 7) is 4.86. The highest BCUT2D eigenvalue weighted by Gasteiger charge is 2.60. The van der Waals surface area contributed by atoms with Gasteiger partial charge in [-0.15, -0.1) is 0 Å². The smallest absolute Gasteiger partial charge is 0.266 e. The van der Waals surface area contributed by atoms with Gasteiger partial charge in [0.15, 0.2) is 17.6 Å². The molecule has 2 amide bonds. The van der Waals surface area contributed by atoms with Gasteiger partial charge in [0.1, 0.15) is 11.7 Å². The summed E-state index contributed by atoms with van der Waals surface area (Å²) >= 11 is 0. The predicted octanol–water partition coefficient (Wildman–Crippen LogP) is 4.93. The fraction of sp³-hybridized carbons (Fsp3) is 0.310. The molecule has 2 saturated heterocycles. The van der Waals surface area contributed by atoms with Gasteiger partial charge in [0.2, 0.25) is 5.91 Å². The number of fused-ring (bicyclic) bond motifs is 1. The first kappa shape index (κ1) is 24.6. The van der Waals surface area contributed by atoms with Gasteiger partial charge in [-0.25, -0.2) is 9.96 Å². The summed E-state index contributed by atoms with van der Waals surface area (Å²) in [5.74, 6) is 0.127. The lowest BCUT2D eigenvalue weighted by Gasteiger charge is -2.29. The minimum Gasteiger partial charge on any atom is -0.493 e. The molecule has 192 valence electrons. The molecule has 2 aliphatic heterocycles. The Kier molecular flexibility index (Phi) is 7.01.